The summed E-state index contributed by atoms with van der Waals surface area (Å²) >= 11 is 0. The van der Waals surface area contributed by atoms with Crippen LogP contribution in [0.3, 0.4) is 0 Å². The molecule has 0 amide bonds. The van der Waals surface area contributed by atoms with Crippen molar-refractivity contribution in [2.45, 2.75) is 13.2 Å². The van der Waals surface area contributed by atoms with Crippen molar-refractivity contribution in [1.82, 2.24) is 5.32 Å². The molecular formula is C12H21NO4. The molecule has 0 aliphatic rings. The van der Waals surface area contributed by atoms with Crippen LogP contribution in [0.25, 0.3) is 0 Å². The van der Waals surface area contributed by atoms with Crippen LogP contribution >= 0.6 is 0 Å². The molecule has 5 nitrogen and oxygen atoms in total. The average molecular weight is 243 g/mol. The van der Waals surface area contributed by atoms with Gasteiger partial charge in [0, 0.05) is 12.7 Å². The highest BCUT2D eigenvalue weighted by Gasteiger charge is 2.04. The third-order valence-electron chi connectivity index (χ3n) is 2.24. The molecule has 1 rings (SSSR count). The van der Waals surface area contributed by atoms with E-state index >= 15 is 0 Å². The van der Waals surface area contributed by atoms with Crippen LogP contribution in [0.4, 0.5) is 0 Å². The summed E-state index contributed by atoms with van der Waals surface area (Å²) in [4.78, 5) is 0. The highest BCUT2D eigenvalue weighted by molar-refractivity contribution is 5.15. The number of hydrogen-bond acceptors (Lipinski definition) is 5. The minimum atomic E-state index is 0.557. The van der Waals surface area contributed by atoms with Crippen molar-refractivity contribution in [2.24, 2.45) is 0 Å². The van der Waals surface area contributed by atoms with E-state index in [-0.39, 0.29) is 0 Å². The molecule has 0 aromatic carbocycles. The fourth-order valence-corrected chi connectivity index (χ4v) is 1.36. The van der Waals surface area contributed by atoms with Crippen molar-refractivity contribution in [3.05, 3.63) is 23.7 Å². The van der Waals surface area contributed by atoms with E-state index in [1.54, 1.807) is 13.4 Å². The standard InChI is InChI=1S/C12H21NO4/c1-13-9-12-11(3-4-17-12)10-16-8-7-15-6-5-14-2/h3-4,13H,5-10H2,1-2H3. The van der Waals surface area contributed by atoms with Crippen molar-refractivity contribution < 1.29 is 18.6 Å². The van der Waals surface area contributed by atoms with Crippen LogP contribution in [0.15, 0.2) is 16.7 Å². The SMILES string of the molecule is CNCc1occc1COCCOCCOC. The molecule has 0 atom stereocenters. The van der Waals surface area contributed by atoms with E-state index in [2.05, 4.69) is 5.32 Å². The van der Waals surface area contributed by atoms with Crippen molar-refractivity contribution in [2.75, 3.05) is 40.6 Å². The number of nitrogens with one attached hydrogen (secondary N) is 1. The Kier molecular flexibility index (Phi) is 7.66. The lowest BCUT2D eigenvalue weighted by Crippen LogP contribution is -2.09. The molecule has 0 radical (unpaired) electrons. The second-order valence-corrected chi connectivity index (χ2v) is 3.56. The van der Waals surface area contributed by atoms with Crippen molar-refractivity contribution in [3.63, 3.8) is 0 Å². The van der Waals surface area contributed by atoms with Gasteiger partial charge in [-0.3, -0.25) is 0 Å². The summed E-state index contributed by atoms with van der Waals surface area (Å²) in [6.45, 7) is 3.66. The van der Waals surface area contributed by atoms with Crippen LogP contribution in [-0.2, 0) is 27.4 Å². The molecule has 17 heavy (non-hydrogen) atoms. The Morgan fingerprint density at radius 3 is 2.71 bits per heavy atom. The lowest BCUT2D eigenvalue weighted by Gasteiger charge is -2.05. The Hall–Kier alpha value is -0.880. The van der Waals surface area contributed by atoms with E-state index in [1.165, 1.54) is 0 Å². The lowest BCUT2D eigenvalue weighted by molar-refractivity contribution is 0.0196. The zero-order chi connectivity index (χ0) is 12.3. The highest BCUT2D eigenvalue weighted by Crippen LogP contribution is 2.11. The van der Waals surface area contributed by atoms with Gasteiger partial charge in [0.05, 0.1) is 45.8 Å². The van der Waals surface area contributed by atoms with Gasteiger partial charge in [-0.15, -0.1) is 0 Å². The maximum atomic E-state index is 5.49. The van der Waals surface area contributed by atoms with E-state index in [1.807, 2.05) is 13.1 Å². The smallest absolute Gasteiger partial charge is 0.123 e. The molecule has 0 bridgehead atoms. The molecule has 1 heterocycles. The normalized spacial score (nSPS) is 10.9. The van der Waals surface area contributed by atoms with Gasteiger partial charge in [0.15, 0.2) is 0 Å². The van der Waals surface area contributed by atoms with Gasteiger partial charge < -0.3 is 23.9 Å². The number of rotatable bonds is 10. The Morgan fingerprint density at radius 2 is 1.94 bits per heavy atom. The molecule has 0 aliphatic carbocycles. The third-order valence-corrected chi connectivity index (χ3v) is 2.24. The molecule has 0 fully saturated rings. The monoisotopic (exact) mass is 243 g/mol. The van der Waals surface area contributed by atoms with Gasteiger partial charge in [0.2, 0.25) is 0 Å². The fourth-order valence-electron chi connectivity index (χ4n) is 1.36. The number of furan rings is 1. The van der Waals surface area contributed by atoms with Gasteiger partial charge in [0.25, 0.3) is 0 Å². The lowest BCUT2D eigenvalue weighted by atomic mass is 10.2. The van der Waals surface area contributed by atoms with Crippen LogP contribution < -0.4 is 5.32 Å². The predicted molar refractivity (Wildman–Crippen MR) is 63.8 cm³/mol. The van der Waals surface area contributed by atoms with Gasteiger partial charge in [0.1, 0.15) is 5.76 Å². The largest absolute Gasteiger partial charge is 0.468 e. The highest BCUT2D eigenvalue weighted by atomic mass is 16.5. The molecule has 0 spiro atoms. The maximum Gasteiger partial charge on any atom is 0.123 e. The zero-order valence-electron chi connectivity index (χ0n) is 10.5. The van der Waals surface area contributed by atoms with E-state index < -0.39 is 0 Å². The average Bonchev–Trinajstić information content (AvgIpc) is 2.76. The first-order chi connectivity index (χ1) is 8.38. The van der Waals surface area contributed by atoms with Gasteiger partial charge >= 0.3 is 0 Å². The molecule has 1 aromatic heterocycles. The minimum absolute atomic E-state index is 0.557. The van der Waals surface area contributed by atoms with E-state index in [9.17, 15) is 0 Å². The Balaban J connectivity index is 2.07. The summed E-state index contributed by atoms with van der Waals surface area (Å²) in [7, 11) is 3.54. The van der Waals surface area contributed by atoms with Crippen molar-refractivity contribution in [3.8, 4) is 0 Å². The molecule has 0 unspecified atom stereocenters. The maximum absolute atomic E-state index is 5.49. The molecule has 5 heteroatoms. The second-order valence-electron chi connectivity index (χ2n) is 3.56. The van der Waals surface area contributed by atoms with Gasteiger partial charge in [-0.05, 0) is 13.1 Å². The van der Waals surface area contributed by atoms with E-state index in [0.29, 0.717) is 33.0 Å². The van der Waals surface area contributed by atoms with E-state index in [0.717, 1.165) is 17.9 Å². The van der Waals surface area contributed by atoms with Crippen molar-refractivity contribution in [1.29, 1.82) is 0 Å². The first-order valence-corrected chi connectivity index (χ1v) is 5.72. The Morgan fingerprint density at radius 1 is 1.18 bits per heavy atom. The van der Waals surface area contributed by atoms with E-state index in [4.69, 9.17) is 18.6 Å². The summed E-state index contributed by atoms with van der Waals surface area (Å²) in [6, 6.07) is 1.93. The van der Waals surface area contributed by atoms with Gasteiger partial charge in [-0.1, -0.05) is 0 Å². The predicted octanol–water partition coefficient (Wildman–Crippen LogP) is 1.18. The summed E-state index contributed by atoms with van der Waals surface area (Å²) in [5.74, 6) is 0.924. The first kappa shape index (κ1) is 14.2. The van der Waals surface area contributed by atoms with Crippen LogP contribution in [0.5, 0.6) is 0 Å². The fraction of sp³-hybridized carbons (Fsp3) is 0.667. The quantitative estimate of drug-likeness (QED) is 0.625. The third kappa shape index (κ3) is 5.83. The second kappa shape index (κ2) is 9.18. The van der Waals surface area contributed by atoms with Gasteiger partial charge in [-0.2, -0.15) is 0 Å². The summed E-state index contributed by atoms with van der Waals surface area (Å²) in [5.41, 5.74) is 1.08. The van der Waals surface area contributed by atoms with Crippen LogP contribution in [0.1, 0.15) is 11.3 Å². The van der Waals surface area contributed by atoms with Crippen molar-refractivity contribution >= 4 is 0 Å². The number of methoxy groups -OCH3 is 1. The van der Waals surface area contributed by atoms with Crippen LogP contribution in [0.2, 0.25) is 0 Å². The Bertz CT molecular complexity index is 288. The molecule has 0 saturated carbocycles. The number of ether oxygens (including phenoxy) is 3. The summed E-state index contributed by atoms with van der Waals surface area (Å²) in [6.07, 6.45) is 1.68. The van der Waals surface area contributed by atoms with Crippen LogP contribution in [-0.4, -0.2) is 40.6 Å². The molecule has 0 aliphatic heterocycles. The summed E-state index contributed by atoms with van der Waals surface area (Å²) in [5, 5.41) is 3.05. The van der Waals surface area contributed by atoms with Gasteiger partial charge in [-0.25, -0.2) is 0 Å². The molecule has 1 aromatic rings. The molecule has 98 valence electrons. The number of hydrogen-bond donors (Lipinski definition) is 1. The minimum Gasteiger partial charge on any atom is -0.468 e. The molecule has 1 N–H and O–H groups in total. The summed E-state index contributed by atoms with van der Waals surface area (Å²) < 4.78 is 21.0. The topological polar surface area (TPSA) is 52.9 Å². The molecule has 0 saturated heterocycles. The first-order valence-electron chi connectivity index (χ1n) is 5.72. The molecular weight excluding hydrogens is 222 g/mol. The Labute approximate surface area is 102 Å². The van der Waals surface area contributed by atoms with Crippen LogP contribution in [0, 0.1) is 0 Å². The zero-order valence-corrected chi connectivity index (χ0v) is 10.5.